The average molecular weight is 316 g/mol. The lowest BCUT2D eigenvalue weighted by Gasteiger charge is -2.09. The molecule has 0 aromatic carbocycles. The lowest BCUT2D eigenvalue weighted by molar-refractivity contribution is 0.183. The summed E-state index contributed by atoms with van der Waals surface area (Å²) < 4.78 is 29.2. The third-order valence-electron chi connectivity index (χ3n) is 3.29. The molecule has 2 heterocycles. The molecule has 0 bridgehead atoms. The Morgan fingerprint density at radius 3 is 3.05 bits per heavy atom. The molecule has 0 saturated carbocycles. The molecule has 0 radical (unpaired) electrons. The van der Waals surface area contributed by atoms with Gasteiger partial charge in [0.1, 0.15) is 0 Å². The van der Waals surface area contributed by atoms with E-state index in [0.717, 1.165) is 0 Å². The Labute approximate surface area is 123 Å². The van der Waals surface area contributed by atoms with Crippen molar-refractivity contribution in [2.24, 2.45) is 5.92 Å². The van der Waals surface area contributed by atoms with Gasteiger partial charge in [0, 0.05) is 19.9 Å². The largest absolute Gasteiger partial charge is 0.383 e. The highest BCUT2D eigenvalue weighted by molar-refractivity contribution is 7.91. The molecule has 0 spiro atoms. The Hall–Kier alpha value is -1.61. The van der Waals surface area contributed by atoms with Gasteiger partial charge in [-0.2, -0.15) is 5.10 Å². The summed E-state index contributed by atoms with van der Waals surface area (Å²) in [4.78, 5) is 11.7. The Morgan fingerprint density at radius 2 is 2.38 bits per heavy atom. The molecule has 1 aliphatic heterocycles. The first-order valence-corrected chi connectivity index (χ1v) is 8.57. The van der Waals surface area contributed by atoms with Gasteiger partial charge in [0.2, 0.25) is 0 Å². The zero-order valence-corrected chi connectivity index (χ0v) is 12.7. The Kier molecular flexibility index (Phi) is 5.18. The fourth-order valence-corrected chi connectivity index (χ4v) is 4.04. The summed E-state index contributed by atoms with van der Waals surface area (Å²) in [6, 6.07) is -0.356. The van der Waals surface area contributed by atoms with Gasteiger partial charge >= 0.3 is 6.03 Å². The van der Waals surface area contributed by atoms with Crippen LogP contribution in [0.5, 0.6) is 0 Å². The van der Waals surface area contributed by atoms with Crippen LogP contribution < -0.4 is 10.6 Å². The number of nitrogens with one attached hydrogen (secondary N) is 2. The molecule has 1 aliphatic rings. The number of hydrogen-bond donors (Lipinski definition) is 2. The van der Waals surface area contributed by atoms with Gasteiger partial charge in [-0.1, -0.05) is 0 Å². The third-order valence-corrected chi connectivity index (χ3v) is 5.13. The first-order valence-electron chi connectivity index (χ1n) is 6.75. The van der Waals surface area contributed by atoms with E-state index in [4.69, 9.17) is 4.74 Å². The first kappa shape index (κ1) is 15.8. The molecule has 2 N–H and O–H groups in total. The zero-order valence-electron chi connectivity index (χ0n) is 11.9. The van der Waals surface area contributed by atoms with Crippen molar-refractivity contribution in [2.45, 2.75) is 13.0 Å². The van der Waals surface area contributed by atoms with Crippen LogP contribution in [0.3, 0.4) is 0 Å². The molecule has 2 rings (SSSR count). The number of aromatic nitrogens is 2. The second-order valence-electron chi connectivity index (χ2n) is 5.09. The summed E-state index contributed by atoms with van der Waals surface area (Å²) in [5, 5.41) is 9.43. The molecule has 1 saturated heterocycles. The normalized spacial score (nSPS) is 20.3. The fourth-order valence-electron chi connectivity index (χ4n) is 2.18. The number of carbonyl (C=O) groups excluding carboxylic acids is 1. The SMILES string of the molecule is COCCn1cc(NC(=O)NC[C@H]2CCS(=O)(=O)C2)cn1. The van der Waals surface area contributed by atoms with Crippen LogP contribution in [0, 0.1) is 5.92 Å². The molecule has 8 nitrogen and oxygen atoms in total. The van der Waals surface area contributed by atoms with Crippen molar-refractivity contribution in [3.63, 3.8) is 0 Å². The topological polar surface area (TPSA) is 102 Å². The van der Waals surface area contributed by atoms with E-state index in [2.05, 4.69) is 15.7 Å². The van der Waals surface area contributed by atoms with Crippen molar-refractivity contribution in [3.8, 4) is 0 Å². The number of methoxy groups -OCH3 is 1. The van der Waals surface area contributed by atoms with Crippen molar-refractivity contribution in [2.75, 3.05) is 37.1 Å². The predicted molar refractivity (Wildman–Crippen MR) is 77.9 cm³/mol. The van der Waals surface area contributed by atoms with Gasteiger partial charge in [0.05, 0.1) is 36.5 Å². The maximum Gasteiger partial charge on any atom is 0.319 e. The molecule has 0 unspecified atom stereocenters. The molecular weight excluding hydrogens is 296 g/mol. The highest BCUT2D eigenvalue weighted by Crippen LogP contribution is 2.17. The van der Waals surface area contributed by atoms with Crippen LogP contribution in [0.4, 0.5) is 10.5 Å². The highest BCUT2D eigenvalue weighted by Gasteiger charge is 2.27. The summed E-state index contributed by atoms with van der Waals surface area (Å²) in [6.07, 6.45) is 3.87. The summed E-state index contributed by atoms with van der Waals surface area (Å²) in [7, 11) is -1.29. The molecule has 0 aliphatic carbocycles. The molecule has 2 amide bonds. The van der Waals surface area contributed by atoms with Crippen LogP contribution in [0.1, 0.15) is 6.42 Å². The number of sulfone groups is 1. The van der Waals surface area contributed by atoms with Gasteiger partial charge in [-0.25, -0.2) is 13.2 Å². The van der Waals surface area contributed by atoms with E-state index in [0.29, 0.717) is 31.8 Å². The molecular formula is C12H20N4O4S. The van der Waals surface area contributed by atoms with E-state index in [9.17, 15) is 13.2 Å². The number of amides is 2. The van der Waals surface area contributed by atoms with Gasteiger partial charge in [0.25, 0.3) is 0 Å². The number of anilines is 1. The summed E-state index contributed by atoms with van der Waals surface area (Å²) in [5.74, 6) is 0.375. The van der Waals surface area contributed by atoms with Crippen molar-refractivity contribution < 1.29 is 17.9 Å². The van der Waals surface area contributed by atoms with E-state index in [1.54, 1.807) is 24.2 Å². The Balaban J connectivity index is 1.73. The number of urea groups is 1. The lowest BCUT2D eigenvalue weighted by Crippen LogP contribution is -2.33. The van der Waals surface area contributed by atoms with Crippen LogP contribution in [0.25, 0.3) is 0 Å². The zero-order chi connectivity index (χ0) is 15.3. The maximum absolute atomic E-state index is 11.7. The van der Waals surface area contributed by atoms with E-state index in [1.165, 1.54) is 0 Å². The van der Waals surface area contributed by atoms with Crippen LogP contribution in [0.2, 0.25) is 0 Å². The lowest BCUT2D eigenvalue weighted by atomic mass is 10.1. The highest BCUT2D eigenvalue weighted by atomic mass is 32.2. The van der Waals surface area contributed by atoms with Gasteiger partial charge in [0.15, 0.2) is 9.84 Å². The van der Waals surface area contributed by atoms with Gasteiger partial charge < -0.3 is 15.4 Å². The van der Waals surface area contributed by atoms with E-state index >= 15 is 0 Å². The average Bonchev–Trinajstić information content (AvgIpc) is 3.00. The second kappa shape index (κ2) is 6.90. The number of nitrogens with zero attached hydrogens (tertiary/aromatic N) is 2. The smallest absolute Gasteiger partial charge is 0.319 e. The van der Waals surface area contributed by atoms with Gasteiger partial charge in [-0.15, -0.1) is 0 Å². The van der Waals surface area contributed by atoms with Crippen LogP contribution >= 0.6 is 0 Å². The summed E-state index contributed by atoms with van der Waals surface area (Å²) in [6.45, 7) is 1.52. The molecule has 1 aromatic rings. The van der Waals surface area contributed by atoms with E-state index in [1.807, 2.05) is 0 Å². The summed E-state index contributed by atoms with van der Waals surface area (Å²) >= 11 is 0. The quantitative estimate of drug-likeness (QED) is 0.774. The van der Waals surface area contributed by atoms with Crippen molar-refractivity contribution in [1.29, 1.82) is 0 Å². The summed E-state index contributed by atoms with van der Waals surface area (Å²) in [5.41, 5.74) is 0.586. The van der Waals surface area contributed by atoms with Gasteiger partial charge in [-0.05, 0) is 12.3 Å². The van der Waals surface area contributed by atoms with E-state index < -0.39 is 9.84 Å². The minimum Gasteiger partial charge on any atom is -0.383 e. The molecule has 1 atom stereocenters. The molecule has 118 valence electrons. The monoisotopic (exact) mass is 316 g/mol. The van der Waals surface area contributed by atoms with Crippen LogP contribution in [-0.4, -0.2) is 56.0 Å². The number of rotatable bonds is 6. The van der Waals surface area contributed by atoms with Crippen molar-refractivity contribution in [3.05, 3.63) is 12.4 Å². The molecule has 21 heavy (non-hydrogen) atoms. The number of carbonyl (C=O) groups is 1. The van der Waals surface area contributed by atoms with Crippen LogP contribution in [0.15, 0.2) is 12.4 Å². The van der Waals surface area contributed by atoms with E-state index in [-0.39, 0.29) is 23.5 Å². The predicted octanol–water partition coefficient (Wildman–Crippen LogP) is 0.0857. The maximum atomic E-state index is 11.7. The Morgan fingerprint density at radius 1 is 1.57 bits per heavy atom. The Bertz CT molecular complexity index is 584. The van der Waals surface area contributed by atoms with Gasteiger partial charge in [-0.3, -0.25) is 4.68 Å². The third kappa shape index (κ3) is 5.01. The molecule has 1 fully saturated rings. The minimum absolute atomic E-state index is 0.00479. The minimum atomic E-state index is -2.90. The van der Waals surface area contributed by atoms with Crippen molar-refractivity contribution >= 4 is 21.6 Å². The van der Waals surface area contributed by atoms with Crippen LogP contribution in [-0.2, 0) is 21.1 Å². The molecule has 9 heteroatoms. The van der Waals surface area contributed by atoms with Crippen molar-refractivity contribution in [1.82, 2.24) is 15.1 Å². The standard InChI is InChI=1S/C12H20N4O4S/c1-20-4-3-16-8-11(7-14-16)15-12(17)13-6-10-2-5-21(18,19)9-10/h7-8,10H,2-6,9H2,1H3,(H2,13,15,17)/t10-/m1/s1. The first-order chi connectivity index (χ1) is 9.98. The fraction of sp³-hybridized carbons (Fsp3) is 0.667. The molecule has 1 aromatic heterocycles. The second-order valence-corrected chi connectivity index (χ2v) is 7.32. The number of ether oxygens (including phenoxy) is 1. The number of hydrogen-bond acceptors (Lipinski definition) is 5.